The summed E-state index contributed by atoms with van der Waals surface area (Å²) in [4.78, 5) is 12.0. The molecule has 1 N–H and O–H groups in total. The van der Waals surface area contributed by atoms with Gasteiger partial charge in [-0.15, -0.1) is 0 Å². The molecule has 6 rings (SSSR count). The summed E-state index contributed by atoms with van der Waals surface area (Å²) in [6, 6.07) is 16.8. The van der Waals surface area contributed by atoms with Crippen molar-refractivity contribution in [2.24, 2.45) is 5.41 Å². The topological polar surface area (TPSA) is 50.3 Å². The summed E-state index contributed by atoms with van der Waals surface area (Å²) >= 11 is 0. The summed E-state index contributed by atoms with van der Waals surface area (Å²) in [5, 5.41) is 3.51. The summed E-state index contributed by atoms with van der Waals surface area (Å²) < 4.78 is 6.07. The fraction of sp³-hybridized carbons (Fsp3) is 0.438. The van der Waals surface area contributed by atoms with Crippen molar-refractivity contribution in [1.29, 1.82) is 0 Å². The predicted octanol–water partition coefficient (Wildman–Crippen LogP) is 6.43. The van der Waals surface area contributed by atoms with E-state index in [0.29, 0.717) is 12.0 Å². The van der Waals surface area contributed by atoms with Crippen LogP contribution >= 0.6 is 0 Å². The third-order valence-electron chi connectivity index (χ3n) is 8.10. The van der Waals surface area contributed by atoms with E-state index in [1.165, 1.54) is 61.0 Å². The molecule has 3 aromatic rings. The number of aryl methyl sites for hydroxylation is 1. The zero-order valence-corrected chi connectivity index (χ0v) is 22.4. The van der Waals surface area contributed by atoms with Crippen LogP contribution in [0.2, 0.25) is 0 Å². The average molecular weight is 497 g/mol. The zero-order valence-electron chi connectivity index (χ0n) is 22.4. The smallest absolute Gasteiger partial charge is 0.225 e. The molecule has 5 heteroatoms. The van der Waals surface area contributed by atoms with Crippen LogP contribution in [0.1, 0.15) is 68.2 Å². The number of hydrogen-bond acceptors (Lipinski definition) is 5. The number of piperidine rings is 2. The SMILES string of the molecule is C1=C(c2cnc(N3CCC4(CCNCC4)CC3)nc2)c2ccc(OCc3ccccc3)cc2CC1.CC. The molecule has 2 saturated heterocycles. The molecule has 1 spiro atoms. The van der Waals surface area contributed by atoms with Gasteiger partial charge in [0.2, 0.25) is 5.95 Å². The van der Waals surface area contributed by atoms with E-state index in [-0.39, 0.29) is 0 Å². The molecule has 0 atom stereocenters. The fourth-order valence-corrected chi connectivity index (χ4v) is 5.89. The first-order valence-corrected chi connectivity index (χ1v) is 14.1. The number of fused-ring (bicyclic) bond motifs is 1. The lowest BCUT2D eigenvalue weighted by Crippen LogP contribution is -2.46. The van der Waals surface area contributed by atoms with Crippen LogP contribution in [0.4, 0.5) is 5.95 Å². The van der Waals surface area contributed by atoms with Crippen molar-refractivity contribution in [3.8, 4) is 5.75 Å². The summed E-state index contributed by atoms with van der Waals surface area (Å²) in [5.41, 5.74) is 6.66. The Bertz CT molecular complexity index is 1170. The normalized spacial score (nSPS) is 18.3. The molecule has 5 nitrogen and oxygen atoms in total. The molecule has 0 unspecified atom stereocenters. The van der Waals surface area contributed by atoms with Crippen LogP contribution in [0, 0.1) is 5.41 Å². The van der Waals surface area contributed by atoms with Gasteiger partial charge in [0.25, 0.3) is 0 Å². The Kier molecular flexibility index (Phi) is 8.20. The number of nitrogens with zero attached hydrogens (tertiary/aromatic N) is 3. The highest BCUT2D eigenvalue weighted by Crippen LogP contribution is 2.40. The Balaban J connectivity index is 0.00000137. The van der Waals surface area contributed by atoms with E-state index in [2.05, 4.69) is 46.6 Å². The van der Waals surface area contributed by atoms with Crippen molar-refractivity contribution in [1.82, 2.24) is 15.3 Å². The molecule has 2 fully saturated rings. The number of anilines is 1. The standard InChI is InChI=1S/C30H34N4O.C2H6/c1-2-5-23(6-3-1)22-35-26-9-10-28-24(19-26)7-4-8-27(28)25-20-32-29(33-21-25)34-17-13-30(14-18-34)11-15-31-16-12-30;1-2/h1-3,5-6,8-10,19-21,31H,4,7,11-18,22H2;1-2H3. The molecule has 2 aromatic carbocycles. The first kappa shape index (κ1) is 25.5. The minimum Gasteiger partial charge on any atom is -0.489 e. The van der Waals surface area contributed by atoms with Gasteiger partial charge in [-0.3, -0.25) is 0 Å². The van der Waals surface area contributed by atoms with Crippen LogP contribution in [-0.2, 0) is 13.0 Å². The van der Waals surface area contributed by atoms with Crippen LogP contribution < -0.4 is 15.0 Å². The van der Waals surface area contributed by atoms with E-state index < -0.39 is 0 Å². The number of aromatic nitrogens is 2. The van der Waals surface area contributed by atoms with Crippen LogP contribution in [0.3, 0.4) is 0 Å². The minimum atomic E-state index is 0.544. The van der Waals surface area contributed by atoms with Gasteiger partial charge >= 0.3 is 0 Å². The van der Waals surface area contributed by atoms with Gasteiger partial charge in [-0.1, -0.05) is 56.3 Å². The average Bonchev–Trinajstić information content (AvgIpc) is 2.98. The second-order valence-electron chi connectivity index (χ2n) is 10.3. The lowest BCUT2D eigenvalue weighted by molar-refractivity contribution is 0.154. The van der Waals surface area contributed by atoms with Crippen LogP contribution in [0.25, 0.3) is 5.57 Å². The van der Waals surface area contributed by atoms with Crippen molar-refractivity contribution in [2.75, 3.05) is 31.1 Å². The molecule has 3 aliphatic rings. The summed E-state index contributed by atoms with van der Waals surface area (Å²) in [6.45, 7) is 9.06. The third kappa shape index (κ3) is 5.88. The first-order valence-electron chi connectivity index (χ1n) is 14.1. The molecule has 3 heterocycles. The van der Waals surface area contributed by atoms with Gasteiger partial charge in [0.1, 0.15) is 12.4 Å². The monoisotopic (exact) mass is 496 g/mol. The zero-order chi connectivity index (χ0) is 25.5. The van der Waals surface area contributed by atoms with Crippen molar-refractivity contribution in [3.63, 3.8) is 0 Å². The van der Waals surface area contributed by atoms with Gasteiger partial charge < -0.3 is 15.0 Å². The molecule has 37 heavy (non-hydrogen) atoms. The summed E-state index contributed by atoms with van der Waals surface area (Å²) in [6.07, 6.45) is 13.5. The van der Waals surface area contributed by atoms with Gasteiger partial charge in [0.15, 0.2) is 0 Å². The van der Waals surface area contributed by atoms with E-state index in [9.17, 15) is 0 Å². The predicted molar refractivity (Wildman–Crippen MR) is 152 cm³/mol. The molecule has 2 aliphatic heterocycles. The third-order valence-corrected chi connectivity index (χ3v) is 8.10. The number of allylic oxidation sites excluding steroid dienone is 1. The molecular formula is C32H40N4O. The van der Waals surface area contributed by atoms with Gasteiger partial charge in [0.05, 0.1) is 0 Å². The van der Waals surface area contributed by atoms with Gasteiger partial charge in [-0.05, 0) is 91.4 Å². The Morgan fingerprint density at radius 2 is 1.65 bits per heavy atom. The maximum atomic E-state index is 6.07. The first-order chi connectivity index (χ1) is 18.3. The lowest BCUT2D eigenvalue weighted by atomic mass is 9.72. The van der Waals surface area contributed by atoms with Gasteiger partial charge in [-0.25, -0.2) is 9.97 Å². The number of benzene rings is 2. The summed E-state index contributed by atoms with van der Waals surface area (Å²) in [7, 11) is 0. The Morgan fingerprint density at radius 3 is 2.38 bits per heavy atom. The quantitative estimate of drug-likeness (QED) is 0.441. The van der Waals surface area contributed by atoms with Crippen molar-refractivity contribution >= 4 is 11.5 Å². The molecule has 1 aromatic heterocycles. The largest absolute Gasteiger partial charge is 0.489 e. The van der Waals surface area contributed by atoms with Crippen LogP contribution in [0.5, 0.6) is 5.75 Å². The van der Waals surface area contributed by atoms with E-state index in [0.717, 1.165) is 43.2 Å². The molecule has 0 amide bonds. The molecule has 1 aliphatic carbocycles. The number of nitrogens with one attached hydrogen (secondary N) is 1. The van der Waals surface area contributed by atoms with Gasteiger partial charge in [-0.2, -0.15) is 0 Å². The highest BCUT2D eigenvalue weighted by molar-refractivity contribution is 5.82. The van der Waals surface area contributed by atoms with E-state index in [1.54, 1.807) is 0 Å². The van der Waals surface area contributed by atoms with E-state index in [1.807, 2.05) is 44.4 Å². The highest BCUT2D eigenvalue weighted by atomic mass is 16.5. The van der Waals surface area contributed by atoms with E-state index >= 15 is 0 Å². The second-order valence-corrected chi connectivity index (χ2v) is 10.3. The van der Waals surface area contributed by atoms with Crippen LogP contribution in [0.15, 0.2) is 67.0 Å². The number of ether oxygens (including phenoxy) is 1. The number of hydrogen-bond donors (Lipinski definition) is 1. The number of rotatable bonds is 5. The molecule has 0 radical (unpaired) electrons. The lowest BCUT2D eigenvalue weighted by Gasteiger charge is -2.44. The van der Waals surface area contributed by atoms with Crippen molar-refractivity contribution in [3.05, 3.63) is 89.3 Å². The van der Waals surface area contributed by atoms with E-state index in [4.69, 9.17) is 14.7 Å². The van der Waals surface area contributed by atoms with Crippen LogP contribution in [-0.4, -0.2) is 36.1 Å². The Hall–Kier alpha value is -3.18. The minimum absolute atomic E-state index is 0.544. The molecular weight excluding hydrogens is 456 g/mol. The second kappa shape index (κ2) is 11.9. The fourth-order valence-electron chi connectivity index (χ4n) is 5.89. The molecule has 194 valence electrons. The molecule has 0 bridgehead atoms. The molecule has 0 saturated carbocycles. The summed E-state index contributed by atoms with van der Waals surface area (Å²) in [5.74, 6) is 1.80. The maximum Gasteiger partial charge on any atom is 0.225 e. The highest BCUT2D eigenvalue weighted by Gasteiger charge is 2.36. The van der Waals surface area contributed by atoms with Gasteiger partial charge in [0, 0.05) is 31.0 Å². The van der Waals surface area contributed by atoms with Crippen molar-refractivity contribution < 1.29 is 4.74 Å². The Morgan fingerprint density at radius 1 is 0.919 bits per heavy atom. The maximum absolute atomic E-state index is 6.07. The van der Waals surface area contributed by atoms with Crippen molar-refractivity contribution in [2.45, 2.75) is 59.0 Å². The Labute approximate surface area is 222 Å².